The van der Waals surface area contributed by atoms with E-state index in [4.69, 9.17) is 9.47 Å². The van der Waals surface area contributed by atoms with E-state index in [1.54, 1.807) is 14.2 Å². The van der Waals surface area contributed by atoms with Crippen molar-refractivity contribution in [3.05, 3.63) is 58.1 Å². The van der Waals surface area contributed by atoms with Gasteiger partial charge in [-0.3, -0.25) is 9.59 Å². The van der Waals surface area contributed by atoms with Gasteiger partial charge >= 0.3 is 0 Å². The zero-order chi connectivity index (χ0) is 19.1. The molecule has 1 amide bonds. The lowest BCUT2D eigenvalue weighted by atomic mass is 9.93. The largest absolute Gasteiger partial charge is 0.493 e. The summed E-state index contributed by atoms with van der Waals surface area (Å²) in [5.41, 5.74) is 4.88. The molecule has 0 saturated heterocycles. The SMILES string of the molecule is COc1cc2c(cc1OC)CN(C(=O)C1CC(=O)c3cccc(C)c31)CC2. The molecule has 0 radical (unpaired) electrons. The number of fused-ring (bicyclic) bond motifs is 2. The van der Waals surface area contributed by atoms with Gasteiger partial charge in [-0.1, -0.05) is 18.2 Å². The molecule has 1 heterocycles. The van der Waals surface area contributed by atoms with Crippen LogP contribution in [0.5, 0.6) is 11.5 Å². The molecule has 1 aliphatic heterocycles. The maximum Gasteiger partial charge on any atom is 0.230 e. The summed E-state index contributed by atoms with van der Waals surface area (Å²) < 4.78 is 10.8. The number of rotatable bonds is 3. The first-order valence-electron chi connectivity index (χ1n) is 9.18. The Balaban J connectivity index is 1.62. The van der Waals surface area contributed by atoms with Gasteiger partial charge in [-0.2, -0.15) is 0 Å². The molecule has 5 nitrogen and oxygen atoms in total. The second kappa shape index (κ2) is 6.72. The van der Waals surface area contributed by atoms with Crippen molar-refractivity contribution in [2.24, 2.45) is 0 Å². The van der Waals surface area contributed by atoms with Gasteiger partial charge in [0.1, 0.15) is 0 Å². The van der Waals surface area contributed by atoms with E-state index in [-0.39, 0.29) is 24.0 Å². The van der Waals surface area contributed by atoms with Crippen LogP contribution in [0.4, 0.5) is 0 Å². The Kier molecular flexibility index (Phi) is 4.38. The van der Waals surface area contributed by atoms with Crippen LogP contribution in [0.25, 0.3) is 0 Å². The molecule has 4 rings (SSSR count). The number of carbonyl (C=O) groups excluding carboxylic acids is 2. The smallest absolute Gasteiger partial charge is 0.230 e. The molecule has 1 unspecified atom stereocenters. The van der Waals surface area contributed by atoms with Gasteiger partial charge in [0, 0.05) is 25.1 Å². The van der Waals surface area contributed by atoms with Crippen LogP contribution >= 0.6 is 0 Å². The van der Waals surface area contributed by atoms with E-state index in [1.165, 1.54) is 5.56 Å². The number of ether oxygens (including phenoxy) is 2. The zero-order valence-corrected chi connectivity index (χ0v) is 15.9. The molecule has 0 fully saturated rings. The van der Waals surface area contributed by atoms with Gasteiger partial charge in [-0.25, -0.2) is 0 Å². The van der Waals surface area contributed by atoms with Gasteiger partial charge in [0.05, 0.1) is 20.1 Å². The number of benzene rings is 2. The fraction of sp³-hybridized carbons (Fsp3) is 0.364. The van der Waals surface area contributed by atoms with Crippen LogP contribution in [0.15, 0.2) is 30.3 Å². The highest BCUT2D eigenvalue weighted by molar-refractivity contribution is 6.07. The fourth-order valence-electron chi connectivity index (χ4n) is 4.29. The van der Waals surface area contributed by atoms with E-state index in [1.807, 2.05) is 42.2 Å². The number of amides is 1. The Morgan fingerprint density at radius 3 is 2.52 bits per heavy atom. The first-order valence-corrected chi connectivity index (χ1v) is 9.18. The lowest BCUT2D eigenvalue weighted by molar-refractivity contribution is -0.133. The zero-order valence-electron chi connectivity index (χ0n) is 15.9. The second-order valence-corrected chi connectivity index (χ2v) is 7.20. The minimum atomic E-state index is -0.365. The highest BCUT2D eigenvalue weighted by Gasteiger charge is 2.38. The van der Waals surface area contributed by atoms with Crippen LogP contribution in [-0.2, 0) is 17.8 Å². The first kappa shape index (κ1) is 17.6. The Morgan fingerprint density at radius 2 is 1.81 bits per heavy atom. The molecule has 2 aromatic rings. The number of nitrogens with zero attached hydrogens (tertiary/aromatic N) is 1. The van der Waals surface area contributed by atoms with E-state index in [0.29, 0.717) is 30.2 Å². The van der Waals surface area contributed by atoms with Gasteiger partial charge in [0.25, 0.3) is 0 Å². The van der Waals surface area contributed by atoms with E-state index >= 15 is 0 Å². The molecule has 1 aliphatic carbocycles. The molecule has 0 bridgehead atoms. The van der Waals surface area contributed by atoms with Gasteiger partial charge in [0.2, 0.25) is 5.91 Å². The number of methoxy groups -OCH3 is 2. The Bertz CT molecular complexity index is 934. The monoisotopic (exact) mass is 365 g/mol. The molecule has 140 valence electrons. The molecule has 0 aromatic heterocycles. The Hall–Kier alpha value is -2.82. The maximum absolute atomic E-state index is 13.3. The number of ketones is 1. The summed E-state index contributed by atoms with van der Waals surface area (Å²) in [7, 11) is 3.24. The summed E-state index contributed by atoms with van der Waals surface area (Å²) in [6.07, 6.45) is 1.04. The normalized spacial score (nSPS) is 18.1. The molecule has 1 atom stereocenters. The van der Waals surface area contributed by atoms with E-state index in [9.17, 15) is 9.59 Å². The van der Waals surface area contributed by atoms with Gasteiger partial charge < -0.3 is 14.4 Å². The third-order valence-electron chi connectivity index (χ3n) is 5.69. The minimum absolute atomic E-state index is 0.0387. The fourth-order valence-corrected chi connectivity index (χ4v) is 4.29. The summed E-state index contributed by atoms with van der Waals surface area (Å²) in [4.78, 5) is 27.5. The topological polar surface area (TPSA) is 55.8 Å². The number of hydrogen-bond acceptors (Lipinski definition) is 4. The number of carbonyl (C=O) groups is 2. The predicted molar refractivity (Wildman–Crippen MR) is 102 cm³/mol. The molecule has 0 N–H and O–H groups in total. The quantitative estimate of drug-likeness (QED) is 0.838. The first-order chi connectivity index (χ1) is 13.0. The van der Waals surface area contributed by atoms with Crippen LogP contribution in [0.2, 0.25) is 0 Å². The Morgan fingerprint density at radius 1 is 1.11 bits per heavy atom. The standard InChI is InChI=1S/C22H23NO4/c1-13-5-4-6-16-18(24)11-17(21(13)16)22(25)23-8-7-14-9-19(26-2)20(27-3)10-15(14)12-23/h4-6,9-10,17H,7-8,11-12H2,1-3H3. The van der Waals surface area contributed by atoms with E-state index in [2.05, 4.69) is 0 Å². The van der Waals surface area contributed by atoms with Crippen molar-refractivity contribution < 1.29 is 19.1 Å². The maximum atomic E-state index is 13.3. The van der Waals surface area contributed by atoms with Crippen molar-refractivity contribution in [2.45, 2.75) is 32.2 Å². The van der Waals surface area contributed by atoms with Crippen molar-refractivity contribution in [1.82, 2.24) is 4.90 Å². The summed E-state index contributed by atoms with van der Waals surface area (Å²) in [6.45, 7) is 3.15. The van der Waals surface area contributed by atoms with Crippen molar-refractivity contribution in [3.63, 3.8) is 0 Å². The molecule has 5 heteroatoms. The number of Topliss-reactive ketones (excluding diaryl/α,β-unsaturated/α-hetero) is 1. The lowest BCUT2D eigenvalue weighted by Gasteiger charge is -2.31. The average molecular weight is 365 g/mol. The molecule has 0 spiro atoms. The minimum Gasteiger partial charge on any atom is -0.493 e. The van der Waals surface area contributed by atoms with Gasteiger partial charge in [-0.05, 0) is 47.7 Å². The number of hydrogen-bond donors (Lipinski definition) is 0. The van der Waals surface area contributed by atoms with E-state index in [0.717, 1.165) is 23.1 Å². The summed E-state index contributed by atoms with van der Waals surface area (Å²) >= 11 is 0. The average Bonchev–Trinajstić information content (AvgIpc) is 3.03. The third-order valence-corrected chi connectivity index (χ3v) is 5.69. The van der Waals surface area contributed by atoms with Crippen LogP contribution in [0.1, 0.15) is 45.0 Å². The number of aryl methyl sites for hydroxylation is 1. The van der Waals surface area contributed by atoms with Crippen molar-refractivity contribution in [2.75, 3.05) is 20.8 Å². The second-order valence-electron chi connectivity index (χ2n) is 7.20. The van der Waals surface area contributed by atoms with Crippen LogP contribution in [0, 0.1) is 6.92 Å². The summed E-state index contributed by atoms with van der Waals surface area (Å²) in [5, 5.41) is 0. The summed E-state index contributed by atoms with van der Waals surface area (Å²) in [5.74, 6) is 1.12. The molecular weight excluding hydrogens is 342 g/mol. The molecule has 27 heavy (non-hydrogen) atoms. The third kappa shape index (κ3) is 2.87. The van der Waals surface area contributed by atoms with Gasteiger partial charge in [0.15, 0.2) is 17.3 Å². The molecule has 2 aromatic carbocycles. The van der Waals surface area contributed by atoms with Crippen molar-refractivity contribution >= 4 is 11.7 Å². The van der Waals surface area contributed by atoms with Gasteiger partial charge in [-0.15, -0.1) is 0 Å². The highest BCUT2D eigenvalue weighted by atomic mass is 16.5. The van der Waals surface area contributed by atoms with Crippen LogP contribution < -0.4 is 9.47 Å². The van der Waals surface area contributed by atoms with Crippen molar-refractivity contribution in [3.8, 4) is 11.5 Å². The van der Waals surface area contributed by atoms with E-state index < -0.39 is 0 Å². The van der Waals surface area contributed by atoms with Crippen LogP contribution in [-0.4, -0.2) is 37.4 Å². The Labute approximate surface area is 158 Å². The lowest BCUT2D eigenvalue weighted by Crippen LogP contribution is -2.38. The highest BCUT2D eigenvalue weighted by Crippen LogP contribution is 2.38. The summed E-state index contributed by atoms with van der Waals surface area (Å²) in [6, 6.07) is 9.64. The molecule has 0 saturated carbocycles. The molecular formula is C22H23NO4. The van der Waals surface area contributed by atoms with Crippen molar-refractivity contribution in [1.29, 1.82) is 0 Å². The predicted octanol–water partition coefficient (Wildman–Crippen LogP) is 3.27. The van der Waals surface area contributed by atoms with Crippen LogP contribution in [0.3, 0.4) is 0 Å². The molecule has 2 aliphatic rings.